The smallest absolute Gasteiger partial charge is 0.234 e. The summed E-state index contributed by atoms with van der Waals surface area (Å²) in [4.78, 5) is 14.9. The van der Waals surface area contributed by atoms with Crippen LogP contribution in [0.25, 0.3) is 0 Å². The van der Waals surface area contributed by atoms with Crippen molar-refractivity contribution in [3.05, 3.63) is 70.7 Å². The summed E-state index contributed by atoms with van der Waals surface area (Å²) in [5.41, 5.74) is 2.09. The minimum Gasteiger partial charge on any atom is -0.344 e. The maximum absolute atomic E-state index is 12.7. The van der Waals surface area contributed by atoms with E-state index in [1.165, 1.54) is 0 Å². The monoisotopic (exact) mass is 357 g/mol. The molecular weight excluding hydrogens is 334 g/mol. The van der Waals surface area contributed by atoms with Crippen LogP contribution < -0.4 is 10.6 Å². The molecule has 0 saturated carbocycles. The van der Waals surface area contributed by atoms with Gasteiger partial charge in [0.2, 0.25) is 5.91 Å². The molecule has 1 fully saturated rings. The summed E-state index contributed by atoms with van der Waals surface area (Å²) < 4.78 is 0. The largest absolute Gasteiger partial charge is 0.344 e. The number of halogens is 1. The molecule has 0 radical (unpaired) electrons. The summed E-state index contributed by atoms with van der Waals surface area (Å²) in [5, 5.41) is 7.23. The minimum atomic E-state index is -0.177. The molecule has 4 nitrogen and oxygen atoms in total. The van der Waals surface area contributed by atoms with E-state index in [-0.39, 0.29) is 11.9 Å². The Morgan fingerprint density at radius 3 is 2.56 bits per heavy atom. The van der Waals surface area contributed by atoms with Crippen molar-refractivity contribution in [3.8, 4) is 0 Å². The van der Waals surface area contributed by atoms with E-state index in [0.29, 0.717) is 17.6 Å². The first-order valence-electron chi connectivity index (χ1n) is 8.68. The molecule has 1 heterocycles. The molecule has 1 aliphatic heterocycles. The third-order valence-corrected chi connectivity index (χ3v) is 4.88. The van der Waals surface area contributed by atoms with Gasteiger partial charge in [-0.3, -0.25) is 9.69 Å². The van der Waals surface area contributed by atoms with E-state index in [0.717, 1.165) is 30.8 Å². The van der Waals surface area contributed by atoms with Gasteiger partial charge >= 0.3 is 0 Å². The third kappa shape index (κ3) is 4.82. The minimum absolute atomic E-state index is 0.0394. The van der Waals surface area contributed by atoms with Crippen LogP contribution in [0.1, 0.15) is 24.1 Å². The Morgan fingerprint density at radius 1 is 1.20 bits per heavy atom. The molecule has 0 bridgehead atoms. The Balaban J connectivity index is 1.75. The lowest BCUT2D eigenvalue weighted by Crippen LogP contribution is -2.53. The lowest BCUT2D eigenvalue weighted by atomic mass is 9.98. The number of amides is 1. The van der Waals surface area contributed by atoms with Crippen molar-refractivity contribution in [1.29, 1.82) is 0 Å². The van der Waals surface area contributed by atoms with E-state index in [1.54, 1.807) is 0 Å². The molecule has 0 aromatic heterocycles. The topological polar surface area (TPSA) is 44.4 Å². The Morgan fingerprint density at radius 2 is 1.88 bits per heavy atom. The Labute approximate surface area is 154 Å². The number of nitrogens with zero attached hydrogens (tertiary/aromatic N) is 1. The quantitative estimate of drug-likeness (QED) is 0.864. The lowest BCUT2D eigenvalue weighted by molar-refractivity contribution is -0.123. The first-order valence-corrected chi connectivity index (χ1v) is 9.06. The average molecular weight is 358 g/mol. The second-order valence-electron chi connectivity index (χ2n) is 6.49. The summed E-state index contributed by atoms with van der Waals surface area (Å²) in [6.45, 7) is 5.31. The molecule has 25 heavy (non-hydrogen) atoms. The zero-order valence-corrected chi connectivity index (χ0v) is 15.2. The average Bonchev–Trinajstić information content (AvgIpc) is 2.63. The molecule has 1 unspecified atom stereocenters. The second-order valence-corrected chi connectivity index (χ2v) is 6.92. The van der Waals surface area contributed by atoms with Gasteiger partial charge in [0.05, 0.1) is 12.6 Å². The van der Waals surface area contributed by atoms with Crippen molar-refractivity contribution in [1.82, 2.24) is 15.5 Å². The summed E-state index contributed by atoms with van der Waals surface area (Å²) in [7, 11) is 0. The standard InChI is InChI=1S/C20H24ClN3O/c1-15-13-22-11-12-24(15)14-19(25)23-20(16-5-3-2-4-6-16)17-7-9-18(21)10-8-17/h2-10,15,20,22H,11-14H2,1H3,(H,23,25)/t15-,20?/m1/s1. The van der Waals surface area contributed by atoms with Gasteiger partial charge in [0.15, 0.2) is 0 Å². The third-order valence-electron chi connectivity index (χ3n) is 4.63. The van der Waals surface area contributed by atoms with Crippen LogP contribution in [0.2, 0.25) is 5.02 Å². The first-order chi connectivity index (χ1) is 12.1. The number of piperazine rings is 1. The molecule has 1 amide bonds. The van der Waals surface area contributed by atoms with Crippen LogP contribution in [0.15, 0.2) is 54.6 Å². The van der Waals surface area contributed by atoms with Gasteiger partial charge < -0.3 is 10.6 Å². The molecule has 5 heteroatoms. The molecular formula is C20H24ClN3O. The van der Waals surface area contributed by atoms with E-state index in [1.807, 2.05) is 54.6 Å². The first kappa shape index (κ1) is 17.9. The van der Waals surface area contributed by atoms with Crippen molar-refractivity contribution in [2.75, 3.05) is 26.2 Å². The summed E-state index contributed by atoms with van der Waals surface area (Å²) >= 11 is 6.01. The van der Waals surface area contributed by atoms with E-state index in [9.17, 15) is 4.79 Å². The van der Waals surface area contributed by atoms with Crippen LogP contribution >= 0.6 is 11.6 Å². The summed E-state index contributed by atoms with van der Waals surface area (Å²) in [6.07, 6.45) is 0. The van der Waals surface area contributed by atoms with E-state index in [2.05, 4.69) is 22.5 Å². The van der Waals surface area contributed by atoms with Gasteiger partial charge in [-0.25, -0.2) is 0 Å². The van der Waals surface area contributed by atoms with Gasteiger partial charge in [0.1, 0.15) is 0 Å². The van der Waals surface area contributed by atoms with Gasteiger partial charge in [0.25, 0.3) is 0 Å². The number of hydrogen-bond donors (Lipinski definition) is 2. The zero-order chi connectivity index (χ0) is 17.6. The highest BCUT2D eigenvalue weighted by molar-refractivity contribution is 6.30. The summed E-state index contributed by atoms with van der Waals surface area (Å²) in [5.74, 6) is 0.0394. The number of benzene rings is 2. The highest BCUT2D eigenvalue weighted by Gasteiger charge is 2.22. The molecule has 1 aliphatic rings. The van der Waals surface area contributed by atoms with Crippen molar-refractivity contribution in [3.63, 3.8) is 0 Å². The van der Waals surface area contributed by atoms with Gasteiger partial charge in [-0.05, 0) is 30.2 Å². The van der Waals surface area contributed by atoms with Crippen LogP contribution in [-0.2, 0) is 4.79 Å². The van der Waals surface area contributed by atoms with E-state index < -0.39 is 0 Å². The SMILES string of the molecule is C[C@@H]1CNCCN1CC(=O)NC(c1ccccc1)c1ccc(Cl)cc1. The van der Waals surface area contributed by atoms with E-state index >= 15 is 0 Å². The summed E-state index contributed by atoms with van der Waals surface area (Å²) in [6, 6.07) is 17.9. The zero-order valence-electron chi connectivity index (χ0n) is 14.4. The predicted molar refractivity (Wildman–Crippen MR) is 102 cm³/mol. The van der Waals surface area contributed by atoms with Crippen molar-refractivity contribution in [2.45, 2.75) is 19.0 Å². The Bertz CT molecular complexity index is 690. The van der Waals surface area contributed by atoms with Crippen LogP contribution in [-0.4, -0.2) is 43.0 Å². The number of carbonyl (C=O) groups excluding carboxylic acids is 1. The molecule has 3 rings (SSSR count). The van der Waals surface area contributed by atoms with Crippen LogP contribution in [0, 0.1) is 0 Å². The number of rotatable bonds is 5. The van der Waals surface area contributed by atoms with Crippen molar-refractivity contribution < 1.29 is 4.79 Å². The van der Waals surface area contributed by atoms with Gasteiger partial charge in [-0.15, -0.1) is 0 Å². The van der Waals surface area contributed by atoms with Gasteiger partial charge in [-0.2, -0.15) is 0 Å². The maximum Gasteiger partial charge on any atom is 0.234 e. The van der Waals surface area contributed by atoms with Crippen molar-refractivity contribution in [2.24, 2.45) is 0 Å². The number of hydrogen-bond acceptors (Lipinski definition) is 3. The van der Waals surface area contributed by atoms with Crippen LogP contribution in [0.3, 0.4) is 0 Å². The molecule has 0 aliphatic carbocycles. The molecule has 132 valence electrons. The fraction of sp³-hybridized carbons (Fsp3) is 0.350. The molecule has 2 aromatic rings. The normalized spacial score (nSPS) is 19.4. The Kier molecular flexibility index (Phi) is 6.08. The molecule has 1 saturated heterocycles. The van der Waals surface area contributed by atoms with E-state index in [4.69, 9.17) is 11.6 Å². The fourth-order valence-electron chi connectivity index (χ4n) is 3.17. The maximum atomic E-state index is 12.7. The van der Waals surface area contributed by atoms with Crippen molar-refractivity contribution >= 4 is 17.5 Å². The van der Waals surface area contributed by atoms with Gasteiger partial charge in [-0.1, -0.05) is 54.1 Å². The second kappa shape index (κ2) is 8.48. The molecule has 2 atom stereocenters. The lowest BCUT2D eigenvalue weighted by Gasteiger charge is -2.33. The predicted octanol–water partition coefficient (Wildman–Crippen LogP) is 2.84. The fourth-order valence-corrected chi connectivity index (χ4v) is 3.29. The van der Waals surface area contributed by atoms with Gasteiger partial charge in [0, 0.05) is 30.7 Å². The molecule has 2 aromatic carbocycles. The molecule has 2 N–H and O–H groups in total. The Hall–Kier alpha value is -1.88. The number of nitrogens with one attached hydrogen (secondary N) is 2. The number of carbonyl (C=O) groups is 1. The highest BCUT2D eigenvalue weighted by Crippen LogP contribution is 2.23. The molecule has 0 spiro atoms. The highest BCUT2D eigenvalue weighted by atomic mass is 35.5. The van der Waals surface area contributed by atoms with Crippen LogP contribution in [0.4, 0.5) is 0 Å². The van der Waals surface area contributed by atoms with Crippen LogP contribution in [0.5, 0.6) is 0 Å².